The summed E-state index contributed by atoms with van der Waals surface area (Å²) in [7, 11) is 0. The number of nitrogens with one attached hydrogen (secondary N) is 1. The smallest absolute Gasteiger partial charge is 0.0928 e. The second kappa shape index (κ2) is 3.82. The van der Waals surface area contributed by atoms with E-state index in [-0.39, 0.29) is 0 Å². The van der Waals surface area contributed by atoms with Crippen molar-refractivity contribution in [2.45, 2.75) is 44.1 Å². The van der Waals surface area contributed by atoms with Gasteiger partial charge in [0.2, 0.25) is 0 Å². The Morgan fingerprint density at radius 1 is 1.14 bits per heavy atom. The largest absolute Gasteiger partial charge is 0.385 e. The second-order valence-corrected chi connectivity index (χ2v) is 7.89. The van der Waals surface area contributed by atoms with E-state index in [0.717, 1.165) is 41.1 Å². The van der Waals surface area contributed by atoms with Crippen LogP contribution in [0.4, 0.5) is 0 Å². The van der Waals surface area contributed by atoms with E-state index in [1.807, 2.05) is 12.1 Å². The first-order valence-corrected chi connectivity index (χ1v) is 8.34. The van der Waals surface area contributed by atoms with Crippen LogP contribution in [0.15, 0.2) is 18.3 Å². The zero-order valence-electron chi connectivity index (χ0n) is 11.9. The summed E-state index contributed by atoms with van der Waals surface area (Å²) in [6, 6.07) is 3.83. The molecule has 3 aliphatic carbocycles. The number of hydrogen-bond donors (Lipinski definition) is 2. The molecule has 2 N–H and O–H groups in total. The highest BCUT2D eigenvalue weighted by atomic mass is 35.5. The standard InChI is InChI=1S/C17H19ClN2O/c18-13-5-10-7-19-20-15(10)14(6-13)17(21)8-16(9-17,11-1-2-11)12-3-4-12/h5-7,11-12,21H,1-4,8-9H2,(H,19,20). The summed E-state index contributed by atoms with van der Waals surface area (Å²) in [5, 5.41) is 20.0. The van der Waals surface area contributed by atoms with Crippen molar-refractivity contribution in [3.05, 3.63) is 28.9 Å². The van der Waals surface area contributed by atoms with Crippen molar-refractivity contribution in [1.29, 1.82) is 0 Å². The molecule has 3 saturated carbocycles. The lowest BCUT2D eigenvalue weighted by atomic mass is 9.52. The maximum Gasteiger partial charge on any atom is 0.0928 e. The minimum absolute atomic E-state index is 0.420. The molecule has 0 unspecified atom stereocenters. The molecule has 0 radical (unpaired) electrons. The first-order chi connectivity index (χ1) is 10.1. The van der Waals surface area contributed by atoms with E-state index >= 15 is 0 Å². The van der Waals surface area contributed by atoms with Gasteiger partial charge in [0.05, 0.1) is 17.3 Å². The Morgan fingerprint density at radius 3 is 2.43 bits per heavy atom. The van der Waals surface area contributed by atoms with Gasteiger partial charge in [0.1, 0.15) is 0 Å². The van der Waals surface area contributed by atoms with Gasteiger partial charge in [-0.05, 0) is 67.9 Å². The fourth-order valence-electron chi connectivity index (χ4n) is 4.84. The molecule has 0 aliphatic heterocycles. The van der Waals surface area contributed by atoms with Gasteiger partial charge in [0.15, 0.2) is 0 Å². The van der Waals surface area contributed by atoms with Crippen LogP contribution in [-0.4, -0.2) is 15.3 Å². The highest BCUT2D eigenvalue weighted by Crippen LogP contribution is 2.72. The molecule has 0 amide bonds. The number of fused-ring (bicyclic) bond motifs is 1. The lowest BCUT2D eigenvalue weighted by Gasteiger charge is -2.55. The molecule has 1 heterocycles. The van der Waals surface area contributed by atoms with E-state index in [0.29, 0.717) is 10.4 Å². The molecule has 1 aromatic carbocycles. The van der Waals surface area contributed by atoms with Crippen LogP contribution >= 0.6 is 11.6 Å². The zero-order valence-corrected chi connectivity index (χ0v) is 12.7. The summed E-state index contributed by atoms with van der Waals surface area (Å²) in [6.07, 6.45) is 9.04. The van der Waals surface area contributed by atoms with Crippen molar-refractivity contribution in [1.82, 2.24) is 10.2 Å². The summed E-state index contributed by atoms with van der Waals surface area (Å²) < 4.78 is 0. The van der Waals surface area contributed by atoms with Gasteiger partial charge in [-0.25, -0.2) is 0 Å². The highest BCUT2D eigenvalue weighted by molar-refractivity contribution is 6.31. The SMILES string of the molecule is OC1(c2cc(Cl)cc3cn[nH]c23)CC(C2CC2)(C2CC2)C1. The number of aromatic amines is 1. The topological polar surface area (TPSA) is 48.9 Å². The van der Waals surface area contributed by atoms with Crippen molar-refractivity contribution in [2.24, 2.45) is 17.3 Å². The third kappa shape index (κ3) is 1.68. The Kier molecular flexibility index (Phi) is 2.27. The van der Waals surface area contributed by atoms with Crippen LogP contribution in [-0.2, 0) is 5.60 Å². The molecule has 0 bridgehead atoms. The van der Waals surface area contributed by atoms with Crippen LogP contribution in [0.25, 0.3) is 10.9 Å². The average molecular weight is 303 g/mol. The normalized spacial score (nSPS) is 26.8. The number of H-pyrrole nitrogens is 1. The molecule has 5 rings (SSSR count). The van der Waals surface area contributed by atoms with Gasteiger partial charge in [-0.2, -0.15) is 5.10 Å². The van der Waals surface area contributed by atoms with Gasteiger partial charge in [-0.1, -0.05) is 11.6 Å². The molecule has 0 atom stereocenters. The Morgan fingerprint density at radius 2 is 1.81 bits per heavy atom. The lowest BCUT2D eigenvalue weighted by Crippen LogP contribution is -2.52. The fourth-order valence-corrected chi connectivity index (χ4v) is 5.07. The first kappa shape index (κ1) is 12.5. The fraction of sp³-hybridized carbons (Fsp3) is 0.588. The summed E-state index contributed by atoms with van der Waals surface area (Å²) >= 11 is 6.24. The van der Waals surface area contributed by atoms with E-state index in [9.17, 15) is 5.11 Å². The van der Waals surface area contributed by atoms with Gasteiger partial charge in [-0.3, -0.25) is 5.10 Å². The van der Waals surface area contributed by atoms with Crippen molar-refractivity contribution in [3.8, 4) is 0 Å². The second-order valence-electron chi connectivity index (χ2n) is 7.45. The number of halogens is 1. The van der Waals surface area contributed by atoms with E-state index < -0.39 is 5.60 Å². The molecular formula is C17H19ClN2O. The predicted octanol–water partition coefficient (Wildman–Crippen LogP) is 4.00. The van der Waals surface area contributed by atoms with E-state index in [4.69, 9.17) is 11.6 Å². The Labute approximate surface area is 128 Å². The third-order valence-electron chi connectivity index (χ3n) is 6.04. The number of rotatable bonds is 3. The van der Waals surface area contributed by atoms with Gasteiger partial charge < -0.3 is 5.11 Å². The van der Waals surface area contributed by atoms with Gasteiger partial charge >= 0.3 is 0 Å². The van der Waals surface area contributed by atoms with E-state index in [1.54, 1.807) is 6.20 Å². The number of aromatic nitrogens is 2. The number of hydrogen-bond acceptors (Lipinski definition) is 2. The Balaban J connectivity index is 1.56. The first-order valence-electron chi connectivity index (χ1n) is 7.96. The number of nitrogens with zero attached hydrogens (tertiary/aromatic N) is 1. The molecule has 1 aromatic heterocycles. The van der Waals surface area contributed by atoms with Crippen LogP contribution in [0.1, 0.15) is 44.1 Å². The van der Waals surface area contributed by atoms with Crippen LogP contribution in [0.3, 0.4) is 0 Å². The molecule has 3 fully saturated rings. The minimum Gasteiger partial charge on any atom is -0.385 e. The number of aliphatic hydroxyl groups is 1. The summed E-state index contributed by atoms with van der Waals surface area (Å²) in [5.41, 5.74) is 1.59. The third-order valence-corrected chi connectivity index (χ3v) is 6.26. The highest BCUT2D eigenvalue weighted by Gasteiger charge is 2.66. The monoisotopic (exact) mass is 302 g/mol. The molecule has 3 nitrogen and oxygen atoms in total. The summed E-state index contributed by atoms with van der Waals surface area (Å²) in [5.74, 6) is 1.73. The van der Waals surface area contributed by atoms with Crippen molar-refractivity contribution in [2.75, 3.05) is 0 Å². The maximum absolute atomic E-state index is 11.2. The number of benzene rings is 1. The molecular weight excluding hydrogens is 284 g/mol. The Hall–Kier alpha value is -1.06. The average Bonchev–Trinajstić information content (AvgIpc) is 3.31. The van der Waals surface area contributed by atoms with Crippen LogP contribution in [0.5, 0.6) is 0 Å². The molecule has 21 heavy (non-hydrogen) atoms. The van der Waals surface area contributed by atoms with Crippen molar-refractivity contribution >= 4 is 22.5 Å². The van der Waals surface area contributed by atoms with Crippen LogP contribution < -0.4 is 0 Å². The van der Waals surface area contributed by atoms with Crippen LogP contribution in [0, 0.1) is 17.3 Å². The van der Waals surface area contributed by atoms with Crippen LogP contribution in [0.2, 0.25) is 5.02 Å². The molecule has 4 heteroatoms. The van der Waals surface area contributed by atoms with E-state index in [1.165, 1.54) is 25.7 Å². The lowest BCUT2D eigenvalue weighted by molar-refractivity contribution is -0.155. The molecule has 2 aromatic rings. The van der Waals surface area contributed by atoms with Crippen molar-refractivity contribution < 1.29 is 5.11 Å². The van der Waals surface area contributed by atoms with Crippen molar-refractivity contribution in [3.63, 3.8) is 0 Å². The van der Waals surface area contributed by atoms with Gasteiger partial charge in [0.25, 0.3) is 0 Å². The quantitative estimate of drug-likeness (QED) is 0.900. The zero-order chi connectivity index (χ0) is 14.2. The van der Waals surface area contributed by atoms with Gasteiger partial charge in [0, 0.05) is 16.0 Å². The molecule has 0 saturated heterocycles. The molecule has 0 spiro atoms. The predicted molar refractivity (Wildman–Crippen MR) is 82.1 cm³/mol. The van der Waals surface area contributed by atoms with E-state index in [2.05, 4.69) is 10.2 Å². The summed E-state index contributed by atoms with van der Waals surface area (Å²) in [6.45, 7) is 0. The minimum atomic E-state index is -0.721. The maximum atomic E-state index is 11.2. The Bertz CT molecular complexity index is 709. The molecule has 3 aliphatic rings. The van der Waals surface area contributed by atoms with Gasteiger partial charge in [-0.15, -0.1) is 0 Å². The summed E-state index contributed by atoms with van der Waals surface area (Å²) in [4.78, 5) is 0. The molecule has 110 valence electrons.